The summed E-state index contributed by atoms with van der Waals surface area (Å²) >= 11 is 11.2. The van der Waals surface area contributed by atoms with E-state index in [1.54, 1.807) is 12.1 Å². The van der Waals surface area contributed by atoms with Crippen LogP contribution in [0.3, 0.4) is 0 Å². The summed E-state index contributed by atoms with van der Waals surface area (Å²) in [5.41, 5.74) is 0. The first-order valence-corrected chi connectivity index (χ1v) is 2.96. The van der Waals surface area contributed by atoms with E-state index in [-0.39, 0.29) is 31.0 Å². The fraction of sp³-hybridized carbons (Fsp3) is 0. The van der Waals surface area contributed by atoms with Crippen LogP contribution < -0.4 is 29.6 Å². The third-order valence-electron chi connectivity index (χ3n) is 0.824. The van der Waals surface area contributed by atoms with Crippen LogP contribution in [0.1, 0.15) is 1.43 Å². The Kier molecular flexibility index (Phi) is 5.00. The second-order valence-electron chi connectivity index (χ2n) is 1.41. The third kappa shape index (κ3) is 2.92. The van der Waals surface area contributed by atoms with E-state index in [1.165, 1.54) is 0 Å². The van der Waals surface area contributed by atoms with Gasteiger partial charge in [0.05, 0.1) is 10.0 Å². The zero-order valence-electron chi connectivity index (χ0n) is 6.07. The number of halogens is 2. The minimum atomic E-state index is 0. The molecule has 0 heterocycles. The first-order valence-electron chi connectivity index (χ1n) is 2.21. The van der Waals surface area contributed by atoms with Crippen LogP contribution in [0.15, 0.2) is 24.3 Å². The van der Waals surface area contributed by atoms with Crippen LogP contribution in [-0.4, -0.2) is 0 Å². The molecular formula is C6H5Cl2Na. The smallest absolute Gasteiger partial charge is 1.00 e. The molecule has 0 amide bonds. The maximum Gasteiger partial charge on any atom is 1.00 e. The van der Waals surface area contributed by atoms with Crippen molar-refractivity contribution in [1.82, 2.24) is 0 Å². The molecule has 1 aromatic rings. The Morgan fingerprint density at radius 1 is 1.00 bits per heavy atom. The van der Waals surface area contributed by atoms with Crippen molar-refractivity contribution in [2.24, 2.45) is 0 Å². The predicted octanol–water partition coefficient (Wildman–Crippen LogP) is 0.110. The van der Waals surface area contributed by atoms with Gasteiger partial charge in [-0.25, -0.2) is 0 Å². The number of hydrogen-bond acceptors (Lipinski definition) is 0. The van der Waals surface area contributed by atoms with Crippen molar-refractivity contribution in [3.8, 4) is 0 Å². The molecular weight excluding hydrogens is 166 g/mol. The monoisotopic (exact) mass is 170 g/mol. The summed E-state index contributed by atoms with van der Waals surface area (Å²) in [7, 11) is 0. The van der Waals surface area contributed by atoms with Crippen LogP contribution in [0.25, 0.3) is 0 Å². The minimum Gasteiger partial charge on any atom is -1.00 e. The van der Waals surface area contributed by atoms with Gasteiger partial charge in [0, 0.05) is 0 Å². The molecule has 0 aromatic heterocycles. The number of benzene rings is 1. The van der Waals surface area contributed by atoms with Crippen LogP contribution in [0, 0.1) is 0 Å². The van der Waals surface area contributed by atoms with Crippen molar-refractivity contribution in [3.05, 3.63) is 34.3 Å². The summed E-state index contributed by atoms with van der Waals surface area (Å²) in [6, 6.07) is 7.19. The summed E-state index contributed by atoms with van der Waals surface area (Å²) in [4.78, 5) is 0. The molecule has 44 valence electrons. The van der Waals surface area contributed by atoms with E-state index in [2.05, 4.69) is 0 Å². The Hall–Kier alpha value is 0.800. The molecule has 0 nitrogen and oxygen atoms in total. The van der Waals surface area contributed by atoms with Gasteiger partial charge in [0.2, 0.25) is 0 Å². The van der Waals surface area contributed by atoms with Crippen LogP contribution >= 0.6 is 23.2 Å². The van der Waals surface area contributed by atoms with Gasteiger partial charge in [-0.05, 0) is 12.1 Å². The molecule has 0 spiro atoms. The molecule has 0 fully saturated rings. The zero-order valence-corrected chi connectivity index (χ0v) is 8.58. The van der Waals surface area contributed by atoms with Crippen LogP contribution in [-0.2, 0) is 0 Å². The van der Waals surface area contributed by atoms with Crippen LogP contribution in [0.5, 0.6) is 0 Å². The van der Waals surface area contributed by atoms with E-state index < -0.39 is 0 Å². The molecule has 0 saturated carbocycles. The molecule has 1 aromatic carbocycles. The van der Waals surface area contributed by atoms with Crippen molar-refractivity contribution in [1.29, 1.82) is 0 Å². The van der Waals surface area contributed by atoms with Gasteiger partial charge in [-0.1, -0.05) is 35.3 Å². The second-order valence-corrected chi connectivity index (χ2v) is 2.23. The van der Waals surface area contributed by atoms with Gasteiger partial charge in [-0.3, -0.25) is 0 Å². The van der Waals surface area contributed by atoms with E-state index in [9.17, 15) is 0 Å². The van der Waals surface area contributed by atoms with Gasteiger partial charge in [-0.15, -0.1) is 0 Å². The Balaban J connectivity index is 0. The molecule has 9 heavy (non-hydrogen) atoms. The zero-order chi connectivity index (χ0) is 5.98. The third-order valence-corrected chi connectivity index (χ3v) is 1.58. The van der Waals surface area contributed by atoms with Crippen LogP contribution in [0.2, 0.25) is 10.0 Å². The van der Waals surface area contributed by atoms with Gasteiger partial charge in [0.15, 0.2) is 0 Å². The SMILES string of the molecule is Clc1ccccc1Cl.[H-].[Na+]. The van der Waals surface area contributed by atoms with Gasteiger partial charge < -0.3 is 1.43 Å². The molecule has 0 atom stereocenters. The first-order chi connectivity index (χ1) is 3.80. The molecule has 0 aliphatic carbocycles. The van der Waals surface area contributed by atoms with Crippen molar-refractivity contribution >= 4 is 23.2 Å². The minimum absolute atomic E-state index is 0. The standard InChI is InChI=1S/C6H4Cl2.Na.H/c7-5-3-1-2-4-6(5)8;;/h1-4H;;/q;+1;-1. The van der Waals surface area contributed by atoms with E-state index in [0.29, 0.717) is 10.0 Å². The molecule has 0 unspecified atom stereocenters. The van der Waals surface area contributed by atoms with E-state index >= 15 is 0 Å². The average Bonchev–Trinajstić information content (AvgIpc) is 1.77. The van der Waals surface area contributed by atoms with Crippen molar-refractivity contribution < 1.29 is 31.0 Å². The topological polar surface area (TPSA) is 0 Å². The molecule has 0 aliphatic heterocycles. The molecule has 0 bridgehead atoms. The molecule has 0 N–H and O–H groups in total. The molecule has 0 aliphatic rings. The fourth-order valence-electron chi connectivity index (χ4n) is 0.439. The van der Waals surface area contributed by atoms with Crippen molar-refractivity contribution in [2.45, 2.75) is 0 Å². The van der Waals surface area contributed by atoms with Gasteiger partial charge in [0.25, 0.3) is 0 Å². The molecule has 0 saturated heterocycles. The van der Waals surface area contributed by atoms with Crippen molar-refractivity contribution in [3.63, 3.8) is 0 Å². The molecule has 3 heteroatoms. The number of rotatable bonds is 0. The predicted molar refractivity (Wildman–Crippen MR) is 37.6 cm³/mol. The quantitative estimate of drug-likeness (QED) is 0.486. The van der Waals surface area contributed by atoms with Gasteiger partial charge in [0.1, 0.15) is 0 Å². The summed E-state index contributed by atoms with van der Waals surface area (Å²) in [5, 5.41) is 1.21. The first kappa shape index (κ1) is 9.80. The number of hydrogen-bond donors (Lipinski definition) is 0. The summed E-state index contributed by atoms with van der Waals surface area (Å²) in [5.74, 6) is 0. The maximum atomic E-state index is 5.58. The molecule has 1 rings (SSSR count). The normalized spacial score (nSPS) is 8.22. The van der Waals surface area contributed by atoms with E-state index in [1.807, 2.05) is 12.1 Å². The summed E-state index contributed by atoms with van der Waals surface area (Å²) in [6.07, 6.45) is 0. The largest absolute Gasteiger partial charge is 1.00 e. The summed E-state index contributed by atoms with van der Waals surface area (Å²) < 4.78 is 0. The Morgan fingerprint density at radius 3 is 1.56 bits per heavy atom. The van der Waals surface area contributed by atoms with Gasteiger partial charge >= 0.3 is 29.6 Å². The Morgan fingerprint density at radius 2 is 1.33 bits per heavy atom. The van der Waals surface area contributed by atoms with Gasteiger partial charge in [-0.2, -0.15) is 0 Å². The van der Waals surface area contributed by atoms with E-state index in [4.69, 9.17) is 23.2 Å². The Bertz CT molecular complexity index is 172. The van der Waals surface area contributed by atoms with Crippen LogP contribution in [0.4, 0.5) is 0 Å². The van der Waals surface area contributed by atoms with E-state index in [0.717, 1.165) is 0 Å². The second kappa shape index (κ2) is 4.59. The average molecular weight is 171 g/mol. The summed E-state index contributed by atoms with van der Waals surface area (Å²) in [6.45, 7) is 0. The fourth-order valence-corrected chi connectivity index (χ4v) is 0.711. The Labute approximate surface area is 87.9 Å². The van der Waals surface area contributed by atoms with Crippen molar-refractivity contribution in [2.75, 3.05) is 0 Å². The maximum absolute atomic E-state index is 5.58. The molecule has 0 radical (unpaired) electrons.